The van der Waals surface area contributed by atoms with Gasteiger partial charge in [0.25, 0.3) is 0 Å². The Hall–Kier alpha value is -1.68. The van der Waals surface area contributed by atoms with Crippen molar-refractivity contribution in [1.82, 2.24) is 13.7 Å². The van der Waals surface area contributed by atoms with E-state index in [-0.39, 0.29) is 4.77 Å². The summed E-state index contributed by atoms with van der Waals surface area (Å²) in [6, 6.07) is 0. The fourth-order valence-electron chi connectivity index (χ4n) is 1.30. The molecule has 0 N–H and O–H groups in total. The molecule has 0 bridgehead atoms. The topological polar surface area (TPSA) is 72.7 Å². The van der Waals surface area contributed by atoms with E-state index in [2.05, 4.69) is 0 Å². The number of nitrogens with zero attached hydrogens (tertiary/aromatic N) is 4. The molecule has 0 saturated heterocycles. The van der Waals surface area contributed by atoms with Gasteiger partial charge in [0.05, 0.1) is 0 Å². The molecule has 0 aliphatic heterocycles. The van der Waals surface area contributed by atoms with Crippen LogP contribution in [0.2, 0.25) is 0 Å². The Labute approximate surface area is 97.0 Å². The van der Waals surface area contributed by atoms with Gasteiger partial charge in [0.2, 0.25) is 4.77 Å². The summed E-state index contributed by atoms with van der Waals surface area (Å²) in [6.07, 6.45) is 1.66. The van der Waals surface area contributed by atoms with E-state index in [1.54, 1.807) is 27.0 Å². The molecule has 6 nitrogen and oxygen atoms in total. The Morgan fingerprint density at radius 1 is 1.25 bits per heavy atom. The summed E-state index contributed by atoms with van der Waals surface area (Å²) in [5.41, 5.74) is -1.93. The number of rotatable bonds is 0. The average molecular weight is 240 g/mol. The maximum atomic E-state index is 11.9. The molecule has 16 heavy (non-hydrogen) atoms. The molecule has 0 spiro atoms. The van der Waals surface area contributed by atoms with Crippen LogP contribution in [0.15, 0.2) is 9.59 Å². The third kappa shape index (κ3) is 1.72. The van der Waals surface area contributed by atoms with Crippen LogP contribution in [0.4, 0.5) is 0 Å². The van der Waals surface area contributed by atoms with E-state index in [4.69, 9.17) is 17.5 Å². The first-order chi connectivity index (χ1) is 7.21. The third-order valence-corrected chi connectivity index (χ3v) is 2.57. The van der Waals surface area contributed by atoms with E-state index in [0.717, 1.165) is 13.7 Å². The minimum Gasteiger partial charge on any atom is -0.272 e. The number of nitriles is 1. The predicted octanol–water partition coefficient (Wildman–Crippen LogP) is 0.162. The molecular formula is C9H12N4O2S. The van der Waals surface area contributed by atoms with Crippen LogP contribution in [-0.4, -0.2) is 13.7 Å². The van der Waals surface area contributed by atoms with Gasteiger partial charge in [-0.1, -0.05) is 0 Å². The van der Waals surface area contributed by atoms with Gasteiger partial charge in [-0.05, 0) is 33.0 Å². The van der Waals surface area contributed by atoms with Crippen LogP contribution in [0.5, 0.6) is 0 Å². The third-order valence-electron chi connectivity index (χ3n) is 2.11. The first kappa shape index (κ1) is 12.4. The average Bonchev–Trinajstić information content (AvgIpc) is 2.13. The summed E-state index contributed by atoms with van der Waals surface area (Å²) < 4.78 is 2.73. The molecule has 1 aromatic heterocycles. The first-order valence-electron chi connectivity index (χ1n) is 4.57. The summed E-state index contributed by atoms with van der Waals surface area (Å²) in [4.78, 5) is 23.7. The van der Waals surface area contributed by atoms with Crippen LogP contribution >= 0.6 is 12.2 Å². The van der Waals surface area contributed by atoms with Crippen LogP contribution in [0.3, 0.4) is 0 Å². The molecule has 0 amide bonds. The molecule has 0 aromatic carbocycles. The van der Waals surface area contributed by atoms with Crippen molar-refractivity contribution in [2.24, 2.45) is 7.05 Å². The van der Waals surface area contributed by atoms with Crippen molar-refractivity contribution in [3.63, 3.8) is 0 Å². The predicted molar refractivity (Wildman–Crippen MR) is 60.8 cm³/mol. The zero-order valence-electron chi connectivity index (χ0n) is 9.51. The van der Waals surface area contributed by atoms with E-state index in [0.29, 0.717) is 0 Å². The second-order valence-corrected chi connectivity index (χ2v) is 4.71. The van der Waals surface area contributed by atoms with Gasteiger partial charge < -0.3 is 0 Å². The molecule has 0 aliphatic rings. The van der Waals surface area contributed by atoms with Gasteiger partial charge in [-0.25, -0.2) is 14.2 Å². The zero-order chi connectivity index (χ0) is 12.7. The fraction of sp³-hybridized carbons (Fsp3) is 0.556. The van der Waals surface area contributed by atoms with Gasteiger partial charge in [0.15, 0.2) is 6.19 Å². The Bertz CT molecular complexity index is 636. The SMILES string of the molecule is Cn1c(=S)n(C#N)c(=O)n(C(C)(C)C)c1=O. The molecule has 0 atom stereocenters. The molecule has 1 heterocycles. The van der Waals surface area contributed by atoms with Crippen molar-refractivity contribution in [3.05, 3.63) is 25.7 Å². The lowest BCUT2D eigenvalue weighted by Gasteiger charge is -2.21. The van der Waals surface area contributed by atoms with Crippen molar-refractivity contribution < 1.29 is 0 Å². The standard InChI is InChI=1S/C9H12N4O2S/c1-9(2,3)13-6(14)11(4)8(16)12(5-10)7(13)15/h1-4H3. The lowest BCUT2D eigenvalue weighted by atomic mass is 10.1. The summed E-state index contributed by atoms with van der Waals surface area (Å²) in [5, 5.41) is 8.82. The van der Waals surface area contributed by atoms with Gasteiger partial charge in [-0.2, -0.15) is 9.83 Å². The van der Waals surface area contributed by atoms with Crippen LogP contribution in [0, 0.1) is 16.2 Å². The molecule has 1 rings (SSSR count). The second-order valence-electron chi connectivity index (χ2n) is 4.35. The van der Waals surface area contributed by atoms with Gasteiger partial charge in [0.1, 0.15) is 0 Å². The van der Waals surface area contributed by atoms with Crippen LogP contribution < -0.4 is 11.4 Å². The largest absolute Gasteiger partial charge is 0.348 e. The summed E-state index contributed by atoms with van der Waals surface area (Å²) in [7, 11) is 1.43. The summed E-state index contributed by atoms with van der Waals surface area (Å²) >= 11 is 4.84. The maximum Gasteiger partial charge on any atom is 0.348 e. The minimum absolute atomic E-state index is 0.0991. The van der Waals surface area contributed by atoms with Crippen molar-refractivity contribution in [1.29, 1.82) is 5.26 Å². The minimum atomic E-state index is -0.705. The highest BCUT2D eigenvalue weighted by atomic mass is 32.1. The van der Waals surface area contributed by atoms with E-state index < -0.39 is 16.9 Å². The van der Waals surface area contributed by atoms with Gasteiger partial charge in [-0.3, -0.25) is 4.57 Å². The fourth-order valence-corrected chi connectivity index (χ4v) is 1.50. The van der Waals surface area contributed by atoms with Crippen molar-refractivity contribution >= 4 is 12.2 Å². The molecule has 0 unspecified atom stereocenters. The molecule has 0 fully saturated rings. The summed E-state index contributed by atoms with van der Waals surface area (Å²) in [5.74, 6) is 0. The Kier molecular flexibility index (Phi) is 2.88. The van der Waals surface area contributed by atoms with E-state index >= 15 is 0 Å². The van der Waals surface area contributed by atoms with E-state index in [1.165, 1.54) is 7.05 Å². The molecule has 86 valence electrons. The zero-order valence-corrected chi connectivity index (χ0v) is 10.3. The molecule has 0 saturated carbocycles. The lowest BCUT2D eigenvalue weighted by molar-refractivity contribution is 0.341. The number of hydrogen-bond donors (Lipinski definition) is 0. The Morgan fingerprint density at radius 2 is 1.75 bits per heavy atom. The quantitative estimate of drug-likeness (QED) is 0.606. The van der Waals surface area contributed by atoms with Crippen molar-refractivity contribution in [3.8, 4) is 6.19 Å². The number of hydrogen-bond acceptors (Lipinski definition) is 4. The highest BCUT2D eigenvalue weighted by Crippen LogP contribution is 2.06. The van der Waals surface area contributed by atoms with Crippen molar-refractivity contribution in [2.75, 3.05) is 0 Å². The van der Waals surface area contributed by atoms with Crippen LogP contribution in [-0.2, 0) is 12.6 Å². The monoisotopic (exact) mass is 240 g/mol. The van der Waals surface area contributed by atoms with Crippen molar-refractivity contribution in [2.45, 2.75) is 26.3 Å². The maximum absolute atomic E-state index is 11.9. The summed E-state index contributed by atoms with van der Waals surface area (Å²) in [6.45, 7) is 5.13. The molecule has 7 heteroatoms. The van der Waals surface area contributed by atoms with Crippen LogP contribution in [0.1, 0.15) is 20.8 Å². The van der Waals surface area contributed by atoms with Gasteiger partial charge >= 0.3 is 11.4 Å². The highest BCUT2D eigenvalue weighted by Gasteiger charge is 2.21. The van der Waals surface area contributed by atoms with Crippen LogP contribution in [0.25, 0.3) is 0 Å². The van der Waals surface area contributed by atoms with Gasteiger partial charge in [0, 0.05) is 12.6 Å². The second kappa shape index (κ2) is 3.72. The Balaban J connectivity index is 4.03. The first-order valence-corrected chi connectivity index (χ1v) is 4.98. The number of aromatic nitrogens is 3. The molecule has 0 radical (unpaired) electrons. The molecule has 0 aliphatic carbocycles. The molecular weight excluding hydrogens is 228 g/mol. The lowest BCUT2D eigenvalue weighted by Crippen LogP contribution is -2.51. The highest BCUT2D eigenvalue weighted by molar-refractivity contribution is 7.71. The van der Waals surface area contributed by atoms with E-state index in [9.17, 15) is 9.59 Å². The van der Waals surface area contributed by atoms with Gasteiger partial charge in [-0.15, -0.1) is 0 Å². The normalized spacial score (nSPS) is 11.2. The smallest absolute Gasteiger partial charge is 0.272 e. The van der Waals surface area contributed by atoms with E-state index in [1.807, 2.05) is 0 Å². The Morgan fingerprint density at radius 3 is 2.12 bits per heavy atom. The molecule has 1 aromatic rings.